The molecule has 4 nitrogen and oxygen atoms in total. The van der Waals surface area contributed by atoms with Gasteiger partial charge in [0.15, 0.2) is 5.96 Å². The van der Waals surface area contributed by atoms with Crippen LogP contribution in [0.3, 0.4) is 0 Å². The second kappa shape index (κ2) is 11.2. The van der Waals surface area contributed by atoms with Crippen LogP contribution in [-0.2, 0) is 6.42 Å². The minimum absolute atomic E-state index is 0. The molecule has 1 aromatic rings. The Kier molecular flexibility index (Phi) is 9.36. The molecule has 2 N–H and O–H groups in total. The molecule has 0 saturated carbocycles. The van der Waals surface area contributed by atoms with Crippen molar-refractivity contribution in [2.75, 3.05) is 26.2 Å². The quantitative estimate of drug-likeness (QED) is 0.375. The maximum Gasteiger partial charge on any atom is 0.191 e. The maximum atomic E-state index is 4.97. The summed E-state index contributed by atoms with van der Waals surface area (Å²) in [6.45, 7) is 10.9. The Morgan fingerprint density at radius 2 is 1.93 bits per heavy atom. The van der Waals surface area contributed by atoms with Gasteiger partial charge in [0.1, 0.15) is 0 Å². The van der Waals surface area contributed by atoms with E-state index in [9.17, 15) is 0 Å². The lowest BCUT2D eigenvalue weighted by atomic mass is 9.83. The molecule has 1 aliphatic heterocycles. The number of halogens is 1. The van der Waals surface area contributed by atoms with Crippen LogP contribution in [0.25, 0.3) is 0 Å². The van der Waals surface area contributed by atoms with E-state index in [0.717, 1.165) is 19.0 Å². The van der Waals surface area contributed by atoms with Crippen LogP contribution in [0.4, 0.5) is 0 Å². The van der Waals surface area contributed by atoms with Gasteiger partial charge in [-0.1, -0.05) is 24.3 Å². The van der Waals surface area contributed by atoms with E-state index in [4.69, 9.17) is 4.99 Å². The van der Waals surface area contributed by atoms with Gasteiger partial charge in [-0.25, -0.2) is 0 Å². The van der Waals surface area contributed by atoms with Gasteiger partial charge in [0, 0.05) is 44.2 Å². The van der Waals surface area contributed by atoms with E-state index in [1.54, 1.807) is 0 Å². The number of rotatable bonds is 5. The molecule has 2 aliphatic rings. The Morgan fingerprint density at radius 1 is 1.19 bits per heavy atom. The van der Waals surface area contributed by atoms with Gasteiger partial charge in [0.05, 0.1) is 0 Å². The molecule has 1 aliphatic carbocycles. The predicted octanol–water partition coefficient (Wildman–Crippen LogP) is 4.15. The summed E-state index contributed by atoms with van der Waals surface area (Å²) in [5.74, 6) is 1.57. The van der Waals surface area contributed by atoms with Gasteiger partial charge in [-0.15, -0.1) is 24.0 Å². The first kappa shape index (κ1) is 22.5. The third-order valence-electron chi connectivity index (χ3n) is 5.91. The van der Waals surface area contributed by atoms with E-state index >= 15 is 0 Å². The fourth-order valence-electron chi connectivity index (χ4n) is 4.32. The highest BCUT2D eigenvalue weighted by molar-refractivity contribution is 14.0. The van der Waals surface area contributed by atoms with Gasteiger partial charge < -0.3 is 15.5 Å². The summed E-state index contributed by atoms with van der Waals surface area (Å²) in [4.78, 5) is 7.54. The molecule has 0 spiro atoms. The topological polar surface area (TPSA) is 39.7 Å². The third-order valence-corrected chi connectivity index (χ3v) is 5.91. The van der Waals surface area contributed by atoms with Crippen molar-refractivity contribution in [2.24, 2.45) is 4.99 Å². The molecule has 1 heterocycles. The zero-order valence-corrected chi connectivity index (χ0v) is 19.5. The van der Waals surface area contributed by atoms with Crippen molar-refractivity contribution in [3.8, 4) is 0 Å². The first-order chi connectivity index (χ1) is 12.7. The van der Waals surface area contributed by atoms with Crippen LogP contribution < -0.4 is 10.6 Å². The average Bonchev–Trinajstić information content (AvgIpc) is 2.66. The summed E-state index contributed by atoms with van der Waals surface area (Å²) in [7, 11) is 0. The number of benzene rings is 1. The smallest absolute Gasteiger partial charge is 0.191 e. The standard InChI is InChI=1S/C22H36N4.HI/c1-4-23-22(25-20-12-14-26(15-13-20)17(2)3)24-16-19-10-7-9-18-8-5-6-11-21(18)19;/h5-6,8,11,17,19-20H,4,7,9-10,12-16H2,1-3H3,(H2,23,24,25);1H. The van der Waals surface area contributed by atoms with Crippen molar-refractivity contribution < 1.29 is 0 Å². The summed E-state index contributed by atoms with van der Waals surface area (Å²) in [5.41, 5.74) is 3.04. The highest BCUT2D eigenvalue weighted by Gasteiger charge is 2.22. The Morgan fingerprint density at radius 3 is 2.63 bits per heavy atom. The molecular weight excluding hydrogens is 447 g/mol. The van der Waals surface area contributed by atoms with Crippen molar-refractivity contribution in [1.29, 1.82) is 0 Å². The number of guanidine groups is 1. The minimum atomic E-state index is 0. The Labute approximate surface area is 182 Å². The second-order valence-electron chi connectivity index (χ2n) is 8.06. The predicted molar refractivity (Wildman–Crippen MR) is 126 cm³/mol. The van der Waals surface area contributed by atoms with Gasteiger partial charge in [0.25, 0.3) is 0 Å². The first-order valence-corrected chi connectivity index (χ1v) is 10.5. The fraction of sp³-hybridized carbons (Fsp3) is 0.682. The monoisotopic (exact) mass is 484 g/mol. The summed E-state index contributed by atoms with van der Waals surface area (Å²) < 4.78 is 0. The molecule has 1 aromatic carbocycles. The van der Waals surface area contributed by atoms with E-state index in [-0.39, 0.29) is 24.0 Å². The van der Waals surface area contributed by atoms with E-state index in [2.05, 4.69) is 60.6 Å². The molecule has 3 rings (SSSR count). The van der Waals surface area contributed by atoms with Crippen LogP contribution in [-0.4, -0.2) is 49.1 Å². The van der Waals surface area contributed by atoms with Gasteiger partial charge in [0.2, 0.25) is 0 Å². The number of nitrogens with one attached hydrogen (secondary N) is 2. The lowest BCUT2D eigenvalue weighted by Crippen LogP contribution is -2.50. The molecule has 1 unspecified atom stereocenters. The van der Waals surface area contributed by atoms with Crippen molar-refractivity contribution in [3.63, 3.8) is 0 Å². The summed E-state index contributed by atoms with van der Waals surface area (Å²) in [6.07, 6.45) is 6.17. The van der Waals surface area contributed by atoms with Gasteiger partial charge >= 0.3 is 0 Å². The van der Waals surface area contributed by atoms with Crippen LogP contribution in [0.15, 0.2) is 29.3 Å². The van der Waals surface area contributed by atoms with Crippen molar-refractivity contribution >= 4 is 29.9 Å². The Bertz CT molecular complexity index is 594. The SMILES string of the molecule is CCNC(=NCC1CCCc2ccccc21)NC1CCN(C(C)C)CC1.I. The lowest BCUT2D eigenvalue weighted by molar-refractivity contribution is 0.167. The molecule has 0 bridgehead atoms. The number of nitrogens with zero attached hydrogens (tertiary/aromatic N) is 2. The fourth-order valence-corrected chi connectivity index (χ4v) is 4.32. The van der Waals surface area contributed by atoms with Gasteiger partial charge in [-0.3, -0.25) is 4.99 Å². The summed E-state index contributed by atoms with van der Waals surface area (Å²) >= 11 is 0. The second-order valence-corrected chi connectivity index (χ2v) is 8.06. The highest BCUT2D eigenvalue weighted by atomic mass is 127. The van der Waals surface area contributed by atoms with Gasteiger partial charge in [-0.05, 0) is 64.0 Å². The van der Waals surface area contributed by atoms with Crippen LogP contribution >= 0.6 is 24.0 Å². The van der Waals surface area contributed by atoms with Crippen molar-refractivity contribution in [1.82, 2.24) is 15.5 Å². The van der Waals surface area contributed by atoms with E-state index in [1.807, 2.05) is 0 Å². The van der Waals surface area contributed by atoms with E-state index in [0.29, 0.717) is 18.0 Å². The maximum absolute atomic E-state index is 4.97. The summed E-state index contributed by atoms with van der Waals surface area (Å²) in [5, 5.41) is 7.14. The first-order valence-electron chi connectivity index (χ1n) is 10.5. The number of hydrogen-bond donors (Lipinski definition) is 2. The number of aryl methyl sites for hydroxylation is 1. The Hall–Kier alpha value is -0.820. The van der Waals surface area contributed by atoms with Crippen LogP contribution in [0.1, 0.15) is 63.5 Å². The zero-order valence-electron chi connectivity index (χ0n) is 17.2. The number of piperidine rings is 1. The number of fused-ring (bicyclic) bond motifs is 1. The molecule has 152 valence electrons. The molecule has 1 fully saturated rings. The number of likely N-dealkylation sites (tertiary alicyclic amines) is 1. The van der Waals surface area contributed by atoms with Crippen molar-refractivity contribution in [2.45, 2.75) is 70.9 Å². The van der Waals surface area contributed by atoms with Crippen LogP contribution in [0.2, 0.25) is 0 Å². The molecule has 1 saturated heterocycles. The molecule has 0 aromatic heterocycles. The lowest BCUT2D eigenvalue weighted by Gasteiger charge is -2.35. The van der Waals surface area contributed by atoms with Crippen LogP contribution in [0, 0.1) is 0 Å². The minimum Gasteiger partial charge on any atom is -0.357 e. The number of aliphatic imine (C=N–C) groups is 1. The number of hydrogen-bond acceptors (Lipinski definition) is 2. The normalized spacial score (nSPS) is 21.5. The highest BCUT2D eigenvalue weighted by Crippen LogP contribution is 2.31. The molecule has 1 atom stereocenters. The Balaban J connectivity index is 0.00000261. The zero-order chi connectivity index (χ0) is 18.4. The van der Waals surface area contributed by atoms with Gasteiger partial charge in [-0.2, -0.15) is 0 Å². The molecule has 0 amide bonds. The van der Waals surface area contributed by atoms with E-state index in [1.165, 1.54) is 56.3 Å². The average molecular weight is 484 g/mol. The summed E-state index contributed by atoms with van der Waals surface area (Å²) in [6, 6.07) is 10.1. The van der Waals surface area contributed by atoms with E-state index < -0.39 is 0 Å². The molecule has 0 radical (unpaired) electrons. The third kappa shape index (κ3) is 6.34. The molecule has 5 heteroatoms. The largest absolute Gasteiger partial charge is 0.357 e. The van der Waals surface area contributed by atoms with Crippen molar-refractivity contribution in [3.05, 3.63) is 35.4 Å². The van der Waals surface area contributed by atoms with Crippen LogP contribution in [0.5, 0.6) is 0 Å². The molecular formula is C22H37IN4. The molecule has 27 heavy (non-hydrogen) atoms.